The molecule has 1 N–H and O–H groups in total. The second-order valence-corrected chi connectivity index (χ2v) is 6.43. The van der Waals surface area contributed by atoms with Gasteiger partial charge in [0.1, 0.15) is 5.75 Å². The Morgan fingerprint density at radius 2 is 1.81 bits per heavy atom. The maximum Gasteiger partial charge on any atom is 0.120 e. The van der Waals surface area contributed by atoms with Gasteiger partial charge in [-0.2, -0.15) is 0 Å². The van der Waals surface area contributed by atoms with E-state index in [-0.39, 0.29) is 6.10 Å². The van der Waals surface area contributed by atoms with Crippen molar-refractivity contribution < 1.29 is 4.74 Å². The lowest BCUT2D eigenvalue weighted by Crippen LogP contribution is -2.06. The number of hydrogen-bond donors (Lipinski definition) is 1. The van der Waals surface area contributed by atoms with E-state index in [1.807, 2.05) is 19.9 Å². The largest absolute Gasteiger partial charge is 0.491 e. The first kappa shape index (κ1) is 15.9. The SMILES string of the molecule is Cc1cc(CNc2ccc(OC(C)C)cc2C)ccc1Br. The Labute approximate surface area is 135 Å². The standard InChI is InChI=1S/C18H22BrNO/c1-12(2)21-16-6-8-18(14(4)10-16)20-11-15-5-7-17(19)13(3)9-15/h5-10,12,20H,11H2,1-4H3. The van der Waals surface area contributed by atoms with E-state index in [1.54, 1.807) is 0 Å². The molecule has 0 heterocycles. The van der Waals surface area contributed by atoms with Crippen LogP contribution in [0, 0.1) is 13.8 Å². The Morgan fingerprint density at radius 3 is 2.43 bits per heavy atom. The van der Waals surface area contributed by atoms with Gasteiger partial charge in [0, 0.05) is 16.7 Å². The van der Waals surface area contributed by atoms with Crippen molar-refractivity contribution in [2.24, 2.45) is 0 Å². The molecule has 2 rings (SSSR count). The van der Waals surface area contributed by atoms with Crippen LogP contribution in [0.25, 0.3) is 0 Å². The van der Waals surface area contributed by atoms with Gasteiger partial charge in [0.05, 0.1) is 6.10 Å². The number of rotatable bonds is 5. The summed E-state index contributed by atoms with van der Waals surface area (Å²) in [5.74, 6) is 0.924. The Hall–Kier alpha value is -1.48. The van der Waals surface area contributed by atoms with Crippen LogP contribution in [0.4, 0.5) is 5.69 Å². The number of aryl methyl sites for hydroxylation is 2. The summed E-state index contributed by atoms with van der Waals surface area (Å²) < 4.78 is 6.86. The minimum atomic E-state index is 0.203. The predicted octanol–water partition coefficient (Wildman–Crippen LogP) is 5.47. The topological polar surface area (TPSA) is 21.3 Å². The van der Waals surface area contributed by atoms with E-state index in [2.05, 4.69) is 65.4 Å². The van der Waals surface area contributed by atoms with Crippen LogP contribution in [0.2, 0.25) is 0 Å². The van der Waals surface area contributed by atoms with Crippen molar-refractivity contribution in [2.75, 3.05) is 5.32 Å². The van der Waals surface area contributed by atoms with E-state index in [0.29, 0.717) is 0 Å². The molecule has 2 aromatic carbocycles. The molecule has 0 aliphatic carbocycles. The first-order valence-electron chi connectivity index (χ1n) is 7.22. The number of hydrogen-bond acceptors (Lipinski definition) is 2. The van der Waals surface area contributed by atoms with Crippen molar-refractivity contribution in [3.05, 3.63) is 57.6 Å². The van der Waals surface area contributed by atoms with Crippen LogP contribution in [0.15, 0.2) is 40.9 Å². The van der Waals surface area contributed by atoms with Crippen molar-refractivity contribution in [1.82, 2.24) is 0 Å². The van der Waals surface area contributed by atoms with Crippen LogP contribution >= 0.6 is 15.9 Å². The molecule has 0 saturated carbocycles. The number of ether oxygens (including phenoxy) is 1. The molecule has 0 bridgehead atoms. The van der Waals surface area contributed by atoms with Crippen LogP contribution in [0.3, 0.4) is 0 Å². The molecule has 0 aromatic heterocycles. The van der Waals surface area contributed by atoms with Gasteiger partial charge in [0.15, 0.2) is 0 Å². The van der Waals surface area contributed by atoms with Gasteiger partial charge in [0.2, 0.25) is 0 Å². The van der Waals surface area contributed by atoms with E-state index in [4.69, 9.17) is 4.74 Å². The van der Waals surface area contributed by atoms with Gasteiger partial charge in [-0.05, 0) is 68.7 Å². The smallest absolute Gasteiger partial charge is 0.120 e. The van der Waals surface area contributed by atoms with E-state index < -0.39 is 0 Å². The fourth-order valence-electron chi connectivity index (χ4n) is 2.19. The third-order valence-electron chi connectivity index (χ3n) is 3.27. The molecule has 0 fully saturated rings. The maximum atomic E-state index is 5.71. The number of nitrogens with one attached hydrogen (secondary N) is 1. The first-order valence-corrected chi connectivity index (χ1v) is 8.01. The highest BCUT2D eigenvalue weighted by Crippen LogP contribution is 2.23. The van der Waals surface area contributed by atoms with Crippen LogP contribution in [0.1, 0.15) is 30.5 Å². The maximum absolute atomic E-state index is 5.71. The fourth-order valence-corrected chi connectivity index (χ4v) is 2.44. The third-order valence-corrected chi connectivity index (χ3v) is 4.16. The number of halogens is 1. The molecular formula is C18H22BrNO. The molecule has 112 valence electrons. The molecular weight excluding hydrogens is 326 g/mol. The summed E-state index contributed by atoms with van der Waals surface area (Å²) in [6.45, 7) is 9.10. The quantitative estimate of drug-likeness (QED) is 0.774. The highest BCUT2D eigenvalue weighted by atomic mass is 79.9. The molecule has 0 unspecified atom stereocenters. The fraction of sp³-hybridized carbons (Fsp3) is 0.333. The molecule has 0 saturated heterocycles. The Kier molecular flexibility index (Phi) is 5.29. The van der Waals surface area contributed by atoms with Crippen molar-refractivity contribution in [3.8, 4) is 5.75 Å². The molecule has 3 heteroatoms. The summed E-state index contributed by atoms with van der Waals surface area (Å²) in [6.07, 6.45) is 0.203. The minimum absolute atomic E-state index is 0.203. The van der Waals surface area contributed by atoms with Gasteiger partial charge in [-0.3, -0.25) is 0 Å². The molecule has 21 heavy (non-hydrogen) atoms. The summed E-state index contributed by atoms with van der Waals surface area (Å²) in [6, 6.07) is 12.6. The van der Waals surface area contributed by atoms with Crippen molar-refractivity contribution >= 4 is 21.6 Å². The van der Waals surface area contributed by atoms with Gasteiger partial charge in [-0.1, -0.05) is 28.1 Å². The molecule has 0 amide bonds. The summed E-state index contributed by atoms with van der Waals surface area (Å²) in [4.78, 5) is 0. The van der Waals surface area contributed by atoms with E-state index in [9.17, 15) is 0 Å². The Morgan fingerprint density at radius 1 is 1.05 bits per heavy atom. The molecule has 0 aliphatic rings. The zero-order valence-corrected chi connectivity index (χ0v) is 14.6. The molecule has 0 aliphatic heterocycles. The summed E-state index contributed by atoms with van der Waals surface area (Å²) in [5, 5.41) is 3.49. The zero-order valence-electron chi connectivity index (χ0n) is 13.0. The second kappa shape index (κ2) is 6.99. The Balaban J connectivity index is 2.04. The van der Waals surface area contributed by atoms with Gasteiger partial charge in [0.25, 0.3) is 0 Å². The Bertz CT molecular complexity index is 623. The van der Waals surface area contributed by atoms with Crippen molar-refractivity contribution in [1.29, 1.82) is 0 Å². The van der Waals surface area contributed by atoms with Crippen LogP contribution < -0.4 is 10.1 Å². The van der Waals surface area contributed by atoms with Crippen molar-refractivity contribution in [3.63, 3.8) is 0 Å². The molecule has 0 radical (unpaired) electrons. The molecule has 0 atom stereocenters. The summed E-state index contributed by atoms with van der Waals surface area (Å²) in [7, 11) is 0. The zero-order chi connectivity index (χ0) is 15.4. The first-order chi connectivity index (χ1) is 9.95. The highest BCUT2D eigenvalue weighted by Gasteiger charge is 2.03. The number of anilines is 1. The highest BCUT2D eigenvalue weighted by molar-refractivity contribution is 9.10. The average Bonchev–Trinajstić information content (AvgIpc) is 2.41. The van der Waals surface area contributed by atoms with Gasteiger partial charge in [-0.25, -0.2) is 0 Å². The predicted molar refractivity (Wildman–Crippen MR) is 93.1 cm³/mol. The number of benzene rings is 2. The lowest BCUT2D eigenvalue weighted by atomic mass is 10.1. The summed E-state index contributed by atoms with van der Waals surface area (Å²) in [5.41, 5.74) is 4.87. The van der Waals surface area contributed by atoms with Crippen LogP contribution in [0.5, 0.6) is 5.75 Å². The van der Waals surface area contributed by atoms with Crippen molar-refractivity contribution in [2.45, 2.75) is 40.3 Å². The summed E-state index contributed by atoms with van der Waals surface area (Å²) >= 11 is 3.53. The van der Waals surface area contributed by atoms with Gasteiger partial charge >= 0.3 is 0 Å². The van der Waals surface area contributed by atoms with Gasteiger partial charge in [-0.15, -0.1) is 0 Å². The normalized spacial score (nSPS) is 10.8. The lowest BCUT2D eigenvalue weighted by Gasteiger charge is -2.14. The van der Waals surface area contributed by atoms with Crippen LogP contribution in [-0.4, -0.2) is 6.10 Å². The average molecular weight is 348 g/mol. The van der Waals surface area contributed by atoms with E-state index in [0.717, 1.165) is 22.5 Å². The molecule has 2 nitrogen and oxygen atoms in total. The van der Waals surface area contributed by atoms with Crippen LogP contribution in [-0.2, 0) is 6.54 Å². The molecule has 2 aromatic rings. The van der Waals surface area contributed by atoms with E-state index in [1.165, 1.54) is 16.7 Å². The monoisotopic (exact) mass is 347 g/mol. The van der Waals surface area contributed by atoms with E-state index >= 15 is 0 Å². The van der Waals surface area contributed by atoms with Gasteiger partial charge < -0.3 is 10.1 Å². The molecule has 0 spiro atoms. The minimum Gasteiger partial charge on any atom is -0.491 e. The second-order valence-electron chi connectivity index (χ2n) is 5.58. The lowest BCUT2D eigenvalue weighted by molar-refractivity contribution is 0.242. The third kappa shape index (κ3) is 4.50.